The van der Waals surface area contributed by atoms with Crippen LogP contribution in [0.4, 0.5) is 5.82 Å². The van der Waals surface area contributed by atoms with Crippen molar-refractivity contribution in [3.8, 4) is 0 Å². The van der Waals surface area contributed by atoms with E-state index in [1.54, 1.807) is 18.6 Å². The molecule has 0 aliphatic carbocycles. The zero-order valence-corrected chi connectivity index (χ0v) is 6.33. The van der Waals surface area contributed by atoms with E-state index in [0.29, 0.717) is 6.54 Å². The standard InChI is InChI=1S/C7H12N4/c8-2-1-3-10-7-6-9-4-5-11-7/h4-6H,1-3,8H2,(H,10,11). The van der Waals surface area contributed by atoms with Crippen molar-refractivity contribution in [2.24, 2.45) is 5.73 Å². The molecule has 0 spiro atoms. The predicted molar refractivity (Wildman–Crippen MR) is 44.2 cm³/mol. The van der Waals surface area contributed by atoms with Crippen LogP contribution >= 0.6 is 0 Å². The molecule has 0 radical (unpaired) electrons. The van der Waals surface area contributed by atoms with E-state index in [-0.39, 0.29) is 0 Å². The number of nitrogens with zero attached hydrogens (tertiary/aromatic N) is 2. The van der Waals surface area contributed by atoms with Crippen molar-refractivity contribution in [2.45, 2.75) is 6.42 Å². The lowest BCUT2D eigenvalue weighted by atomic mass is 10.4. The van der Waals surface area contributed by atoms with Crippen molar-refractivity contribution in [1.82, 2.24) is 9.97 Å². The smallest absolute Gasteiger partial charge is 0.144 e. The van der Waals surface area contributed by atoms with E-state index in [1.165, 1.54) is 0 Å². The van der Waals surface area contributed by atoms with Crippen LogP contribution in [0.2, 0.25) is 0 Å². The predicted octanol–water partition coefficient (Wildman–Crippen LogP) is 0.237. The Morgan fingerprint density at radius 1 is 1.45 bits per heavy atom. The van der Waals surface area contributed by atoms with Gasteiger partial charge in [-0.25, -0.2) is 4.98 Å². The Kier molecular flexibility index (Phi) is 3.34. The molecule has 0 fully saturated rings. The Balaban J connectivity index is 2.28. The van der Waals surface area contributed by atoms with Crippen LogP contribution < -0.4 is 11.1 Å². The zero-order chi connectivity index (χ0) is 7.94. The Bertz CT molecular complexity index is 187. The Hall–Kier alpha value is -1.16. The molecule has 1 rings (SSSR count). The lowest BCUT2D eigenvalue weighted by Crippen LogP contribution is -2.09. The molecule has 0 aromatic carbocycles. The molecule has 3 N–H and O–H groups in total. The lowest BCUT2D eigenvalue weighted by molar-refractivity contribution is 0.869. The van der Waals surface area contributed by atoms with E-state index < -0.39 is 0 Å². The molecular formula is C7H12N4. The molecule has 0 bridgehead atoms. The third-order valence-electron chi connectivity index (χ3n) is 1.25. The van der Waals surface area contributed by atoms with Crippen molar-refractivity contribution < 1.29 is 0 Å². The maximum absolute atomic E-state index is 5.32. The normalized spacial score (nSPS) is 9.55. The summed E-state index contributed by atoms with van der Waals surface area (Å²) in [5.74, 6) is 0.806. The summed E-state index contributed by atoms with van der Waals surface area (Å²) in [4.78, 5) is 7.94. The second-order valence-electron chi connectivity index (χ2n) is 2.16. The summed E-state index contributed by atoms with van der Waals surface area (Å²) in [6, 6.07) is 0. The monoisotopic (exact) mass is 152 g/mol. The highest BCUT2D eigenvalue weighted by Gasteiger charge is 1.88. The average molecular weight is 152 g/mol. The minimum absolute atomic E-state index is 0.702. The summed E-state index contributed by atoms with van der Waals surface area (Å²) >= 11 is 0. The van der Waals surface area contributed by atoms with Crippen molar-refractivity contribution in [1.29, 1.82) is 0 Å². The van der Waals surface area contributed by atoms with Crippen LogP contribution in [0.25, 0.3) is 0 Å². The summed E-state index contributed by atoms with van der Waals surface area (Å²) in [5.41, 5.74) is 5.32. The zero-order valence-electron chi connectivity index (χ0n) is 6.33. The maximum atomic E-state index is 5.32. The molecule has 0 unspecified atom stereocenters. The first-order valence-electron chi connectivity index (χ1n) is 3.63. The highest BCUT2D eigenvalue weighted by molar-refractivity contribution is 5.29. The van der Waals surface area contributed by atoms with Crippen molar-refractivity contribution in [3.05, 3.63) is 18.6 Å². The van der Waals surface area contributed by atoms with Crippen LogP contribution in [-0.2, 0) is 0 Å². The minimum atomic E-state index is 0.702. The first-order chi connectivity index (χ1) is 5.43. The minimum Gasteiger partial charge on any atom is -0.369 e. The molecule has 0 amide bonds. The Morgan fingerprint density at radius 2 is 2.36 bits per heavy atom. The van der Waals surface area contributed by atoms with Gasteiger partial charge in [0.15, 0.2) is 0 Å². The van der Waals surface area contributed by atoms with Crippen LogP contribution in [0, 0.1) is 0 Å². The van der Waals surface area contributed by atoms with Gasteiger partial charge < -0.3 is 11.1 Å². The van der Waals surface area contributed by atoms with Gasteiger partial charge in [0.05, 0.1) is 6.20 Å². The van der Waals surface area contributed by atoms with Gasteiger partial charge in [0.2, 0.25) is 0 Å². The number of nitrogens with one attached hydrogen (secondary N) is 1. The highest BCUT2D eigenvalue weighted by atomic mass is 15.0. The Labute approximate surface area is 65.9 Å². The van der Waals surface area contributed by atoms with E-state index in [9.17, 15) is 0 Å². The fourth-order valence-electron chi connectivity index (χ4n) is 0.709. The van der Waals surface area contributed by atoms with Gasteiger partial charge in [0, 0.05) is 18.9 Å². The van der Waals surface area contributed by atoms with Gasteiger partial charge in [-0.1, -0.05) is 0 Å². The number of aromatic nitrogens is 2. The highest BCUT2D eigenvalue weighted by Crippen LogP contribution is 1.95. The number of nitrogens with two attached hydrogens (primary N) is 1. The van der Waals surface area contributed by atoms with Crippen LogP contribution in [0.15, 0.2) is 18.6 Å². The topological polar surface area (TPSA) is 63.8 Å². The molecule has 11 heavy (non-hydrogen) atoms. The molecule has 0 atom stereocenters. The van der Waals surface area contributed by atoms with E-state index in [2.05, 4.69) is 15.3 Å². The van der Waals surface area contributed by atoms with Crippen LogP contribution in [-0.4, -0.2) is 23.1 Å². The number of anilines is 1. The second kappa shape index (κ2) is 4.62. The number of rotatable bonds is 4. The Morgan fingerprint density at radius 3 is 3.00 bits per heavy atom. The molecule has 1 aromatic heterocycles. The summed E-state index contributed by atoms with van der Waals surface area (Å²) in [7, 11) is 0. The molecule has 0 aliphatic heterocycles. The first kappa shape index (κ1) is 7.94. The van der Waals surface area contributed by atoms with Gasteiger partial charge in [0.1, 0.15) is 5.82 Å². The van der Waals surface area contributed by atoms with Gasteiger partial charge in [-0.2, -0.15) is 0 Å². The largest absolute Gasteiger partial charge is 0.369 e. The van der Waals surface area contributed by atoms with E-state index >= 15 is 0 Å². The number of hydrogen-bond donors (Lipinski definition) is 2. The molecule has 0 saturated heterocycles. The van der Waals surface area contributed by atoms with E-state index in [1.807, 2.05) is 0 Å². The molecule has 0 aliphatic rings. The van der Waals surface area contributed by atoms with E-state index in [4.69, 9.17) is 5.73 Å². The van der Waals surface area contributed by atoms with Crippen molar-refractivity contribution in [2.75, 3.05) is 18.4 Å². The van der Waals surface area contributed by atoms with E-state index in [0.717, 1.165) is 18.8 Å². The molecule has 60 valence electrons. The molecule has 4 nitrogen and oxygen atoms in total. The lowest BCUT2D eigenvalue weighted by Gasteiger charge is -2.01. The summed E-state index contributed by atoms with van der Waals surface area (Å²) in [6.45, 7) is 1.56. The van der Waals surface area contributed by atoms with Crippen molar-refractivity contribution >= 4 is 5.82 Å². The molecule has 0 saturated carbocycles. The fraction of sp³-hybridized carbons (Fsp3) is 0.429. The average Bonchev–Trinajstić information content (AvgIpc) is 2.07. The van der Waals surface area contributed by atoms with Crippen molar-refractivity contribution in [3.63, 3.8) is 0 Å². The maximum Gasteiger partial charge on any atom is 0.144 e. The molecule has 4 heteroatoms. The van der Waals surface area contributed by atoms with Gasteiger partial charge >= 0.3 is 0 Å². The second-order valence-corrected chi connectivity index (χ2v) is 2.16. The summed E-state index contributed by atoms with van der Waals surface area (Å²) in [5, 5.41) is 3.09. The van der Waals surface area contributed by atoms with Gasteiger partial charge in [0.25, 0.3) is 0 Å². The molecular weight excluding hydrogens is 140 g/mol. The first-order valence-corrected chi connectivity index (χ1v) is 3.63. The van der Waals surface area contributed by atoms with Crippen LogP contribution in [0.1, 0.15) is 6.42 Å². The molecule has 1 aromatic rings. The van der Waals surface area contributed by atoms with Gasteiger partial charge in [-0.05, 0) is 13.0 Å². The SMILES string of the molecule is NCCCNc1cnccn1. The van der Waals surface area contributed by atoms with Crippen LogP contribution in [0.5, 0.6) is 0 Å². The third kappa shape index (κ3) is 2.95. The number of hydrogen-bond acceptors (Lipinski definition) is 4. The van der Waals surface area contributed by atoms with Gasteiger partial charge in [-0.15, -0.1) is 0 Å². The summed E-state index contributed by atoms with van der Waals surface area (Å²) in [6.07, 6.45) is 5.95. The quantitative estimate of drug-likeness (QED) is 0.606. The van der Waals surface area contributed by atoms with Crippen LogP contribution in [0.3, 0.4) is 0 Å². The fourth-order valence-corrected chi connectivity index (χ4v) is 0.709. The molecule has 1 heterocycles. The van der Waals surface area contributed by atoms with Gasteiger partial charge in [-0.3, -0.25) is 4.98 Å². The summed E-state index contributed by atoms with van der Waals surface area (Å²) < 4.78 is 0. The third-order valence-corrected chi connectivity index (χ3v) is 1.25.